The van der Waals surface area contributed by atoms with Crippen LogP contribution in [-0.2, 0) is 9.53 Å². The minimum absolute atomic E-state index is 0.0549. The summed E-state index contributed by atoms with van der Waals surface area (Å²) in [4.78, 5) is 25.8. The van der Waals surface area contributed by atoms with E-state index in [2.05, 4.69) is 10.6 Å². The Hall–Kier alpha value is -3.38. The largest absolute Gasteiger partial charge is 0.480 e. The Morgan fingerprint density at radius 1 is 1.06 bits per heavy atom. The number of fused-ring (bicyclic) bond motifs is 1. The summed E-state index contributed by atoms with van der Waals surface area (Å²) in [5.41, 5.74) is 0.876. The Morgan fingerprint density at radius 2 is 1.84 bits per heavy atom. The van der Waals surface area contributed by atoms with Crippen molar-refractivity contribution in [3.05, 3.63) is 72.3 Å². The first-order valence-corrected chi connectivity index (χ1v) is 11.1. The number of carbonyl (C=O) groups excluding carboxylic acids is 2. The molecule has 0 unspecified atom stereocenters. The highest BCUT2D eigenvalue weighted by Crippen LogP contribution is 2.27. The van der Waals surface area contributed by atoms with Gasteiger partial charge in [-0.3, -0.25) is 9.59 Å². The predicted octanol–water partition coefficient (Wildman–Crippen LogP) is 4.54. The van der Waals surface area contributed by atoms with Crippen molar-refractivity contribution in [1.29, 1.82) is 0 Å². The van der Waals surface area contributed by atoms with Crippen molar-refractivity contribution < 1.29 is 19.1 Å². The van der Waals surface area contributed by atoms with Crippen LogP contribution in [0.2, 0.25) is 0 Å². The Balaban J connectivity index is 1.45. The number of nitrogens with one attached hydrogen (secondary N) is 2. The maximum Gasteiger partial charge on any atom is 0.265 e. The summed E-state index contributed by atoms with van der Waals surface area (Å²) in [6, 6.07) is 20.7. The predicted molar refractivity (Wildman–Crippen MR) is 125 cm³/mol. The van der Waals surface area contributed by atoms with Gasteiger partial charge in [0, 0.05) is 18.5 Å². The van der Waals surface area contributed by atoms with Gasteiger partial charge in [0.2, 0.25) is 0 Å². The molecule has 0 saturated carbocycles. The third kappa shape index (κ3) is 5.08. The van der Waals surface area contributed by atoms with E-state index in [0.717, 1.165) is 30.2 Å². The molecule has 6 nitrogen and oxygen atoms in total. The molecular formula is C26H28N2O4. The first-order valence-electron chi connectivity index (χ1n) is 11.1. The molecule has 1 aliphatic heterocycles. The zero-order valence-corrected chi connectivity index (χ0v) is 18.2. The van der Waals surface area contributed by atoms with Crippen molar-refractivity contribution in [2.24, 2.45) is 0 Å². The molecule has 3 aromatic carbocycles. The smallest absolute Gasteiger partial charge is 0.265 e. The van der Waals surface area contributed by atoms with E-state index < -0.39 is 6.10 Å². The van der Waals surface area contributed by atoms with E-state index in [9.17, 15) is 9.59 Å². The van der Waals surface area contributed by atoms with E-state index in [1.807, 2.05) is 49.4 Å². The Labute approximate surface area is 187 Å². The van der Waals surface area contributed by atoms with Crippen molar-refractivity contribution in [3.63, 3.8) is 0 Å². The summed E-state index contributed by atoms with van der Waals surface area (Å²) < 4.78 is 11.7. The molecule has 0 radical (unpaired) electrons. The molecule has 0 spiro atoms. The second kappa shape index (κ2) is 10.3. The molecule has 2 atom stereocenters. The third-order valence-electron chi connectivity index (χ3n) is 5.63. The van der Waals surface area contributed by atoms with Gasteiger partial charge in [0.1, 0.15) is 5.75 Å². The monoisotopic (exact) mass is 432 g/mol. The van der Waals surface area contributed by atoms with Gasteiger partial charge in [-0.2, -0.15) is 0 Å². The summed E-state index contributed by atoms with van der Waals surface area (Å²) in [5, 5.41) is 7.80. The number of hydrogen-bond acceptors (Lipinski definition) is 4. The molecule has 0 aromatic heterocycles. The molecule has 2 N–H and O–H groups in total. The molecule has 1 heterocycles. The third-order valence-corrected chi connectivity index (χ3v) is 5.63. The Kier molecular flexibility index (Phi) is 7.02. The minimum Gasteiger partial charge on any atom is -0.480 e. The van der Waals surface area contributed by atoms with Gasteiger partial charge in [-0.15, -0.1) is 0 Å². The van der Waals surface area contributed by atoms with Gasteiger partial charge >= 0.3 is 0 Å². The molecule has 32 heavy (non-hydrogen) atoms. The van der Waals surface area contributed by atoms with Gasteiger partial charge in [0.05, 0.1) is 17.4 Å². The van der Waals surface area contributed by atoms with Crippen LogP contribution in [0, 0.1) is 0 Å². The highest BCUT2D eigenvalue weighted by atomic mass is 16.5. The molecule has 0 bridgehead atoms. The lowest BCUT2D eigenvalue weighted by atomic mass is 10.1. The summed E-state index contributed by atoms with van der Waals surface area (Å²) >= 11 is 0. The van der Waals surface area contributed by atoms with Gasteiger partial charge < -0.3 is 20.1 Å². The molecule has 1 fully saturated rings. The van der Waals surface area contributed by atoms with Crippen LogP contribution in [0.3, 0.4) is 0 Å². The van der Waals surface area contributed by atoms with Gasteiger partial charge in [-0.1, -0.05) is 55.5 Å². The maximum absolute atomic E-state index is 13.0. The average molecular weight is 433 g/mol. The SMILES string of the molecule is CC[C@@H](Oc1cccc2ccccc12)C(=O)Nc1ccccc1C(=O)NC[C@@H]1CCCO1. The fourth-order valence-electron chi connectivity index (χ4n) is 3.88. The maximum atomic E-state index is 13.0. The van der Waals surface area contributed by atoms with E-state index in [1.54, 1.807) is 24.3 Å². The van der Waals surface area contributed by atoms with Crippen LogP contribution in [0.4, 0.5) is 5.69 Å². The molecule has 3 aromatic rings. The zero-order chi connectivity index (χ0) is 22.3. The van der Waals surface area contributed by atoms with E-state index >= 15 is 0 Å². The van der Waals surface area contributed by atoms with Gasteiger partial charge in [-0.05, 0) is 42.8 Å². The van der Waals surface area contributed by atoms with Crippen LogP contribution in [0.5, 0.6) is 5.75 Å². The van der Waals surface area contributed by atoms with Crippen LogP contribution in [0.25, 0.3) is 10.8 Å². The molecule has 1 aliphatic rings. The second-order valence-electron chi connectivity index (χ2n) is 7.87. The normalized spacial score (nSPS) is 16.5. The van der Waals surface area contributed by atoms with Gasteiger partial charge in [-0.25, -0.2) is 0 Å². The highest BCUT2D eigenvalue weighted by Gasteiger charge is 2.22. The number of benzene rings is 3. The lowest BCUT2D eigenvalue weighted by Crippen LogP contribution is -2.35. The fraction of sp³-hybridized carbons (Fsp3) is 0.308. The fourth-order valence-corrected chi connectivity index (χ4v) is 3.88. The highest BCUT2D eigenvalue weighted by molar-refractivity contribution is 6.04. The Bertz CT molecular complexity index is 1090. The van der Waals surface area contributed by atoms with Crippen LogP contribution >= 0.6 is 0 Å². The van der Waals surface area contributed by atoms with Gasteiger partial charge in [0.15, 0.2) is 6.10 Å². The standard InChI is InChI=1S/C26H28N2O4/c1-2-23(32-24-15-7-10-18-9-3-4-12-20(18)24)26(30)28-22-14-6-5-13-21(22)25(29)27-17-19-11-8-16-31-19/h3-7,9-10,12-15,19,23H,2,8,11,16-17H2,1H3,(H,27,29)(H,28,30)/t19-,23+/m0/s1. The van der Waals surface area contributed by atoms with Crippen LogP contribution in [0.15, 0.2) is 66.7 Å². The average Bonchev–Trinajstić information content (AvgIpc) is 3.35. The van der Waals surface area contributed by atoms with Crippen molar-refractivity contribution in [1.82, 2.24) is 5.32 Å². The van der Waals surface area contributed by atoms with Crippen LogP contribution in [0.1, 0.15) is 36.5 Å². The first kappa shape index (κ1) is 21.8. The van der Waals surface area contributed by atoms with Crippen molar-refractivity contribution in [3.8, 4) is 5.75 Å². The summed E-state index contributed by atoms with van der Waals surface area (Å²) in [7, 11) is 0. The molecule has 0 aliphatic carbocycles. The molecule has 1 saturated heterocycles. The molecule has 166 valence electrons. The summed E-state index contributed by atoms with van der Waals surface area (Å²) in [6.07, 6.45) is 1.82. The second-order valence-corrected chi connectivity index (χ2v) is 7.87. The van der Waals surface area contributed by atoms with E-state index in [1.165, 1.54) is 0 Å². The number of para-hydroxylation sites is 1. The number of ether oxygens (including phenoxy) is 2. The topological polar surface area (TPSA) is 76.7 Å². The van der Waals surface area contributed by atoms with E-state index in [4.69, 9.17) is 9.47 Å². The van der Waals surface area contributed by atoms with E-state index in [0.29, 0.717) is 30.0 Å². The molecule has 4 rings (SSSR count). The summed E-state index contributed by atoms with van der Waals surface area (Å²) in [5.74, 6) is 0.131. The number of rotatable bonds is 8. The molecule has 6 heteroatoms. The van der Waals surface area contributed by atoms with Crippen molar-refractivity contribution in [2.75, 3.05) is 18.5 Å². The van der Waals surface area contributed by atoms with Crippen molar-refractivity contribution in [2.45, 2.75) is 38.4 Å². The number of carbonyl (C=O) groups is 2. The zero-order valence-electron chi connectivity index (χ0n) is 18.2. The number of amides is 2. The summed E-state index contributed by atoms with van der Waals surface area (Å²) in [6.45, 7) is 3.10. The Morgan fingerprint density at radius 3 is 2.66 bits per heavy atom. The molecule has 2 amide bonds. The van der Waals surface area contributed by atoms with Crippen LogP contribution in [-0.4, -0.2) is 37.2 Å². The van der Waals surface area contributed by atoms with E-state index in [-0.39, 0.29) is 17.9 Å². The number of anilines is 1. The quantitative estimate of drug-likeness (QED) is 0.548. The van der Waals surface area contributed by atoms with Gasteiger partial charge in [0.25, 0.3) is 11.8 Å². The lowest BCUT2D eigenvalue weighted by Gasteiger charge is -2.19. The molecular weight excluding hydrogens is 404 g/mol. The van der Waals surface area contributed by atoms with Crippen LogP contribution < -0.4 is 15.4 Å². The first-order chi connectivity index (χ1) is 15.7. The minimum atomic E-state index is -0.691. The number of hydrogen-bond donors (Lipinski definition) is 2. The lowest BCUT2D eigenvalue weighted by molar-refractivity contribution is -0.122. The van der Waals surface area contributed by atoms with Crippen molar-refractivity contribution >= 4 is 28.3 Å².